The molecule has 0 aromatic rings. The SMILES string of the molecule is CCN(CC1CCC1)C(CC(=O)O)C(F)(F)F. The van der Waals surface area contributed by atoms with E-state index in [0.29, 0.717) is 12.5 Å². The quantitative estimate of drug-likeness (QED) is 0.790. The van der Waals surface area contributed by atoms with Crippen molar-refractivity contribution in [2.24, 2.45) is 5.92 Å². The third-order valence-electron chi connectivity index (χ3n) is 3.31. The second-order valence-corrected chi connectivity index (χ2v) is 4.54. The molecule has 1 atom stereocenters. The van der Waals surface area contributed by atoms with Crippen molar-refractivity contribution in [2.75, 3.05) is 13.1 Å². The Bertz CT molecular complexity index is 264. The van der Waals surface area contributed by atoms with E-state index in [1.807, 2.05) is 0 Å². The van der Waals surface area contributed by atoms with E-state index >= 15 is 0 Å². The number of hydrogen-bond donors (Lipinski definition) is 1. The van der Waals surface area contributed by atoms with Gasteiger partial charge in [0.2, 0.25) is 0 Å². The summed E-state index contributed by atoms with van der Waals surface area (Å²) in [6, 6.07) is -1.86. The van der Waals surface area contributed by atoms with E-state index in [4.69, 9.17) is 5.11 Å². The van der Waals surface area contributed by atoms with Gasteiger partial charge in [-0.2, -0.15) is 13.2 Å². The van der Waals surface area contributed by atoms with Crippen LogP contribution in [0.25, 0.3) is 0 Å². The molecule has 0 spiro atoms. The Balaban J connectivity index is 2.66. The second kappa shape index (κ2) is 5.71. The van der Waals surface area contributed by atoms with Gasteiger partial charge in [-0.25, -0.2) is 0 Å². The number of alkyl halides is 3. The number of carboxylic acid groups (broad SMARTS) is 1. The fourth-order valence-electron chi connectivity index (χ4n) is 2.10. The van der Waals surface area contributed by atoms with Crippen molar-refractivity contribution in [1.82, 2.24) is 4.90 Å². The summed E-state index contributed by atoms with van der Waals surface area (Å²) >= 11 is 0. The maximum atomic E-state index is 12.8. The van der Waals surface area contributed by atoms with Crippen LogP contribution >= 0.6 is 0 Å². The molecule has 0 aromatic carbocycles. The summed E-state index contributed by atoms with van der Waals surface area (Å²) in [5, 5.41) is 8.57. The Kier molecular flexibility index (Phi) is 4.80. The lowest BCUT2D eigenvalue weighted by Crippen LogP contribution is -2.49. The molecule has 0 heterocycles. The number of hydrogen-bond acceptors (Lipinski definition) is 2. The molecule has 1 rings (SSSR count). The molecule has 1 fully saturated rings. The highest BCUT2D eigenvalue weighted by Gasteiger charge is 2.44. The van der Waals surface area contributed by atoms with Crippen LogP contribution in [0.4, 0.5) is 13.2 Å². The van der Waals surface area contributed by atoms with Crippen molar-refractivity contribution >= 4 is 5.97 Å². The lowest BCUT2D eigenvalue weighted by atomic mass is 9.84. The van der Waals surface area contributed by atoms with Crippen molar-refractivity contribution in [2.45, 2.75) is 44.8 Å². The summed E-state index contributed by atoms with van der Waals surface area (Å²) in [4.78, 5) is 11.8. The van der Waals surface area contributed by atoms with Crippen LogP contribution in [0.1, 0.15) is 32.6 Å². The van der Waals surface area contributed by atoms with Gasteiger partial charge in [0, 0.05) is 6.54 Å². The summed E-state index contributed by atoms with van der Waals surface area (Å²) in [6.45, 7) is 2.22. The van der Waals surface area contributed by atoms with Gasteiger partial charge in [-0.15, -0.1) is 0 Å². The Morgan fingerprint density at radius 1 is 1.47 bits per heavy atom. The van der Waals surface area contributed by atoms with Crippen LogP contribution in [0.15, 0.2) is 0 Å². The van der Waals surface area contributed by atoms with Crippen molar-refractivity contribution in [3.05, 3.63) is 0 Å². The normalized spacial score (nSPS) is 19.1. The van der Waals surface area contributed by atoms with Gasteiger partial charge in [0.1, 0.15) is 6.04 Å². The summed E-state index contributed by atoms with van der Waals surface area (Å²) in [5.41, 5.74) is 0. The first-order valence-corrected chi connectivity index (χ1v) is 5.87. The Labute approximate surface area is 98.6 Å². The largest absolute Gasteiger partial charge is 0.481 e. The third-order valence-corrected chi connectivity index (χ3v) is 3.31. The molecule has 6 heteroatoms. The van der Waals surface area contributed by atoms with E-state index in [1.165, 1.54) is 4.90 Å². The van der Waals surface area contributed by atoms with Crippen LogP contribution in [0, 0.1) is 5.92 Å². The molecule has 100 valence electrons. The molecule has 0 radical (unpaired) electrons. The highest BCUT2D eigenvalue weighted by atomic mass is 19.4. The van der Waals surface area contributed by atoms with Crippen molar-refractivity contribution < 1.29 is 23.1 Å². The Morgan fingerprint density at radius 3 is 2.35 bits per heavy atom. The molecule has 3 nitrogen and oxygen atoms in total. The Morgan fingerprint density at radius 2 is 2.06 bits per heavy atom. The standard InChI is InChI=1S/C11H18F3NO2/c1-2-15(7-8-4-3-5-8)9(6-10(16)17)11(12,13)14/h8-9H,2-7H2,1H3,(H,16,17). The van der Waals surface area contributed by atoms with Gasteiger partial charge in [0.05, 0.1) is 6.42 Å². The topological polar surface area (TPSA) is 40.5 Å². The molecule has 0 aromatic heterocycles. The average Bonchev–Trinajstić information content (AvgIpc) is 2.12. The van der Waals surface area contributed by atoms with Gasteiger partial charge in [0.15, 0.2) is 0 Å². The highest BCUT2D eigenvalue weighted by molar-refractivity contribution is 5.67. The van der Waals surface area contributed by atoms with Crippen molar-refractivity contribution in [3.63, 3.8) is 0 Å². The molecular weight excluding hydrogens is 235 g/mol. The summed E-state index contributed by atoms with van der Waals surface area (Å²) in [5.74, 6) is -1.10. The molecule has 1 unspecified atom stereocenters. The smallest absolute Gasteiger partial charge is 0.404 e. The van der Waals surface area contributed by atoms with Gasteiger partial charge in [0.25, 0.3) is 0 Å². The lowest BCUT2D eigenvalue weighted by Gasteiger charge is -2.36. The minimum atomic E-state index is -4.47. The first-order chi connectivity index (χ1) is 7.84. The van der Waals surface area contributed by atoms with E-state index < -0.39 is 24.6 Å². The van der Waals surface area contributed by atoms with E-state index in [9.17, 15) is 18.0 Å². The van der Waals surface area contributed by atoms with Crippen LogP contribution < -0.4 is 0 Å². The molecule has 0 saturated heterocycles. The minimum absolute atomic E-state index is 0.230. The highest BCUT2D eigenvalue weighted by Crippen LogP contribution is 2.32. The van der Waals surface area contributed by atoms with Crippen LogP contribution in [0.3, 0.4) is 0 Å². The molecule has 1 N–H and O–H groups in total. The number of carboxylic acids is 1. The second-order valence-electron chi connectivity index (χ2n) is 4.54. The van der Waals surface area contributed by atoms with Crippen LogP contribution in [0.2, 0.25) is 0 Å². The summed E-state index contributed by atoms with van der Waals surface area (Å²) in [6.07, 6.45) is -2.37. The van der Waals surface area contributed by atoms with Crippen LogP contribution in [-0.2, 0) is 4.79 Å². The molecular formula is C11H18F3NO2. The summed E-state index contributed by atoms with van der Waals surface area (Å²) < 4.78 is 38.4. The number of aliphatic carboxylic acids is 1. The maximum absolute atomic E-state index is 12.8. The minimum Gasteiger partial charge on any atom is -0.481 e. The van der Waals surface area contributed by atoms with E-state index in [2.05, 4.69) is 0 Å². The predicted molar refractivity (Wildman–Crippen MR) is 56.7 cm³/mol. The first-order valence-electron chi connectivity index (χ1n) is 5.87. The fraction of sp³-hybridized carbons (Fsp3) is 0.909. The van der Waals surface area contributed by atoms with E-state index in [-0.39, 0.29) is 6.54 Å². The van der Waals surface area contributed by atoms with Gasteiger partial charge in [-0.05, 0) is 25.3 Å². The number of rotatable bonds is 6. The summed E-state index contributed by atoms with van der Waals surface area (Å²) in [7, 11) is 0. The molecule has 0 bridgehead atoms. The number of halogens is 3. The predicted octanol–water partition coefficient (Wildman–Crippen LogP) is 2.51. The first kappa shape index (κ1) is 14.3. The zero-order valence-electron chi connectivity index (χ0n) is 9.83. The molecule has 0 aliphatic heterocycles. The van der Waals surface area contributed by atoms with Gasteiger partial charge in [-0.1, -0.05) is 13.3 Å². The van der Waals surface area contributed by atoms with Gasteiger partial charge in [-0.3, -0.25) is 9.69 Å². The average molecular weight is 253 g/mol. The van der Waals surface area contributed by atoms with Crippen molar-refractivity contribution in [1.29, 1.82) is 0 Å². The zero-order valence-corrected chi connectivity index (χ0v) is 9.83. The number of carbonyl (C=O) groups is 1. The van der Waals surface area contributed by atoms with Crippen molar-refractivity contribution in [3.8, 4) is 0 Å². The molecule has 1 aliphatic carbocycles. The van der Waals surface area contributed by atoms with Crippen LogP contribution in [0.5, 0.6) is 0 Å². The monoisotopic (exact) mass is 253 g/mol. The van der Waals surface area contributed by atoms with Crippen LogP contribution in [-0.4, -0.2) is 41.3 Å². The van der Waals surface area contributed by atoms with E-state index in [0.717, 1.165) is 19.3 Å². The van der Waals surface area contributed by atoms with Gasteiger partial charge < -0.3 is 5.11 Å². The van der Waals surface area contributed by atoms with E-state index in [1.54, 1.807) is 6.92 Å². The zero-order chi connectivity index (χ0) is 13.1. The molecule has 0 amide bonds. The molecule has 17 heavy (non-hydrogen) atoms. The maximum Gasteiger partial charge on any atom is 0.404 e. The lowest BCUT2D eigenvalue weighted by molar-refractivity contribution is -0.192. The molecule has 1 aliphatic rings. The molecule has 1 saturated carbocycles. The van der Waals surface area contributed by atoms with Gasteiger partial charge >= 0.3 is 12.1 Å². The Hall–Kier alpha value is -0.780. The third kappa shape index (κ3) is 4.18. The number of nitrogens with zero attached hydrogens (tertiary/aromatic N) is 1. The fourth-order valence-corrected chi connectivity index (χ4v) is 2.10.